The number of halogens is 3. The summed E-state index contributed by atoms with van der Waals surface area (Å²) in [5, 5.41) is 4.25. The molecule has 1 saturated heterocycles. The molecule has 1 fully saturated rings. The molecule has 0 aliphatic carbocycles. The number of hydrogen-bond donors (Lipinski definition) is 1. The lowest BCUT2D eigenvalue weighted by atomic mass is 9.74. The van der Waals surface area contributed by atoms with Crippen LogP contribution in [-0.2, 0) is 10.2 Å². The van der Waals surface area contributed by atoms with E-state index in [-0.39, 0.29) is 11.3 Å². The van der Waals surface area contributed by atoms with Crippen LogP contribution in [0.5, 0.6) is 0 Å². The Labute approximate surface area is 165 Å². The van der Waals surface area contributed by atoms with Crippen LogP contribution in [0.3, 0.4) is 0 Å². The quantitative estimate of drug-likeness (QED) is 0.749. The molecule has 1 aromatic heterocycles. The predicted molar refractivity (Wildman–Crippen MR) is 102 cm³/mol. The van der Waals surface area contributed by atoms with Crippen LogP contribution in [-0.4, -0.2) is 30.6 Å². The monoisotopic (exact) mass is 442 g/mol. The highest BCUT2D eigenvalue weighted by molar-refractivity contribution is 9.10. The zero-order valence-electron chi connectivity index (χ0n) is 13.4. The van der Waals surface area contributed by atoms with Crippen molar-refractivity contribution in [2.75, 3.05) is 19.8 Å². The Balaban J connectivity index is 1.83. The molecule has 0 atom stereocenters. The first-order valence-corrected chi connectivity index (χ1v) is 9.47. The maximum Gasteiger partial charge on any atom is 0.252 e. The number of ether oxygens (including phenoxy) is 1. The second kappa shape index (κ2) is 8.04. The fourth-order valence-corrected chi connectivity index (χ4v) is 4.08. The highest BCUT2D eigenvalue weighted by atomic mass is 79.9. The average Bonchev–Trinajstić information content (AvgIpc) is 2.60. The molecule has 0 bridgehead atoms. The lowest BCUT2D eigenvalue weighted by Gasteiger charge is -2.38. The van der Waals surface area contributed by atoms with Gasteiger partial charge in [-0.1, -0.05) is 29.3 Å². The molecule has 1 aliphatic rings. The lowest BCUT2D eigenvalue weighted by molar-refractivity contribution is 0.0487. The SMILES string of the molecule is O=C(NCC1(c2ccc(Cl)cc2Cl)CCOCC1)c1cncc(Br)c1. The molecule has 0 unspecified atom stereocenters. The van der Waals surface area contributed by atoms with Gasteiger partial charge in [-0.15, -0.1) is 0 Å². The molecular weight excluding hydrogens is 427 g/mol. The Hall–Kier alpha value is -1.14. The number of nitrogens with one attached hydrogen (secondary N) is 1. The number of hydrogen-bond acceptors (Lipinski definition) is 3. The number of benzene rings is 1. The fraction of sp³-hybridized carbons (Fsp3) is 0.333. The van der Waals surface area contributed by atoms with E-state index in [1.807, 2.05) is 12.1 Å². The molecule has 0 spiro atoms. The van der Waals surface area contributed by atoms with E-state index in [0.717, 1.165) is 22.9 Å². The van der Waals surface area contributed by atoms with Gasteiger partial charge in [-0.25, -0.2) is 0 Å². The minimum Gasteiger partial charge on any atom is -0.381 e. The van der Waals surface area contributed by atoms with Crippen LogP contribution in [0.25, 0.3) is 0 Å². The van der Waals surface area contributed by atoms with Crippen molar-refractivity contribution in [3.05, 3.63) is 62.3 Å². The summed E-state index contributed by atoms with van der Waals surface area (Å²) in [7, 11) is 0. The molecule has 2 heterocycles. The topological polar surface area (TPSA) is 51.2 Å². The molecule has 1 aliphatic heterocycles. The van der Waals surface area contributed by atoms with Gasteiger partial charge in [0, 0.05) is 52.1 Å². The predicted octanol–water partition coefficient (Wildman–Crippen LogP) is 4.63. The number of carbonyl (C=O) groups is 1. The van der Waals surface area contributed by atoms with Gasteiger partial charge in [0.15, 0.2) is 0 Å². The fourth-order valence-electron chi connectivity index (χ4n) is 3.11. The van der Waals surface area contributed by atoms with Crippen molar-refractivity contribution in [1.29, 1.82) is 0 Å². The largest absolute Gasteiger partial charge is 0.381 e. The summed E-state index contributed by atoms with van der Waals surface area (Å²) < 4.78 is 6.28. The highest BCUT2D eigenvalue weighted by Gasteiger charge is 2.36. The van der Waals surface area contributed by atoms with Gasteiger partial charge in [0.25, 0.3) is 5.91 Å². The minimum atomic E-state index is -0.269. The lowest BCUT2D eigenvalue weighted by Crippen LogP contribution is -2.44. The van der Waals surface area contributed by atoms with Gasteiger partial charge in [0.05, 0.1) is 5.56 Å². The molecule has 4 nitrogen and oxygen atoms in total. The second-order valence-corrected chi connectivity index (χ2v) is 7.85. The van der Waals surface area contributed by atoms with E-state index in [1.165, 1.54) is 0 Å². The molecule has 132 valence electrons. The van der Waals surface area contributed by atoms with Gasteiger partial charge < -0.3 is 10.1 Å². The van der Waals surface area contributed by atoms with Crippen LogP contribution >= 0.6 is 39.1 Å². The summed E-state index contributed by atoms with van der Waals surface area (Å²) in [4.78, 5) is 16.5. The first-order valence-electron chi connectivity index (χ1n) is 7.92. The minimum absolute atomic E-state index is 0.162. The molecule has 0 radical (unpaired) electrons. The van der Waals surface area contributed by atoms with Crippen LogP contribution in [0.4, 0.5) is 0 Å². The van der Waals surface area contributed by atoms with Gasteiger partial charge in [0.1, 0.15) is 0 Å². The van der Waals surface area contributed by atoms with E-state index in [4.69, 9.17) is 27.9 Å². The van der Waals surface area contributed by atoms with Gasteiger partial charge in [-0.05, 0) is 52.5 Å². The van der Waals surface area contributed by atoms with Gasteiger partial charge in [-0.3, -0.25) is 9.78 Å². The normalized spacial score (nSPS) is 16.4. The highest BCUT2D eigenvalue weighted by Crippen LogP contribution is 2.39. The summed E-state index contributed by atoms with van der Waals surface area (Å²) in [6.07, 6.45) is 4.76. The van der Waals surface area contributed by atoms with Crippen molar-refractivity contribution < 1.29 is 9.53 Å². The van der Waals surface area contributed by atoms with E-state index in [2.05, 4.69) is 26.2 Å². The molecule has 1 amide bonds. The molecule has 2 aromatic rings. The van der Waals surface area contributed by atoms with E-state index >= 15 is 0 Å². The maximum absolute atomic E-state index is 12.5. The third-order valence-electron chi connectivity index (χ3n) is 4.51. The standard InChI is InChI=1S/C18H17BrCl2N2O2/c19-13-7-12(9-22-10-13)17(24)23-11-18(3-5-25-6-4-18)15-2-1-14(20)8-16(15)21/h1-2,7-10H,3-6,11H2,(H,23,24). The van der Waals surface area contributed by atoms with Crippen LogP contribution in [0.15, 0.2) is 41.1 Å². The smallest absolute Gasteiger partial charge is 0.252 e. The van der Waals surface area contributed by atoms with Crippen molar-refractivity contribution in [3.63, 3.8) is 0 Å². The van der Waals surface area contributed by atoms with E-state index < -0.39 is 0 Å². The zero-order valence-corrected chi connectivity index (χ0v) is 16.5. The summed E-state index contributed by atoms with van der Waals surface area (Å²) in [5.41, 5.74) is 1.24. The van der Waals surface area contributed by atoms with E-state index in [9.17, 15) is 4.79 Å². The molecule has 0 saturated carbocycles. The molecule has 3 rings (SSSR count). The molecule has 1 N–H and O–H groups in total. The number of amides is 1. The Morgan fingerprint density at radius 2 is 2.00 bits per heavy atom. The van der Waals surface area contributed by atoms with Crippen molar-refractivity contribution in [2.45, 2.75) is 18.3 Å². The summed E-state index contributed by atoms with van der Waals surface area (Å²) in [6.45, 7) is 1.74. The Morgan fingerprint density at radius 3 is 2.68 bits per heavy atom. The van der Waals surface area contributed by atoms with E-state index in [0.29, 0.717) is 35.4 Å². The Morgan fingerprint density at radius 1 is 1.24 bits per heavy atom. The van der Waals surface area contributed by atoms with Crippen molar-refractivity contribution in [1.82, 2.24) is 10.3 Å². The van der Waals surface area contributed by atoms with Crippen LogP contribution < -0.4 is 5.32 Å². The number of pyridine rings is 1. The van der Waals surface area contributed by atoms with Gasteiger partial charge >= 0.3 is 0 Å². The molecule has 1 aromatic carbocycles. The van der Waals surface area contributed by atoms with Crippen molar-refractivity contribution in [2.24, 2.45) is 0 Å². The summed E-state index contributed by atoms with van der Waals surface area (Å²) in [5.74, 6) is -0.162. The van der Waals surface area contributed by atoms with Crippen molar-refractivity contribution >= 4 is 45.0 Å². The van der Waals surface area contributed by atoms with E-state index in [1.54, 1.807) is 24.5 Å². The first-order chi connectivity index (χ1) is 12.0. The third kappa shape index (κ3) is 4.34. The van der Waals surface area contributed by atoms with Crippen molar-refractivity contribution in [3.8, 4) is 0 Å². The van der Waals surface area contributed by atoms with Gasteiger partial charge in [0.2, 0.25) is 0 Å². The van der Waals surface area contributed by atoms with Crippen LogP contribution in [0.1, 0.15) is 28.8 Å². The number of nitrogens with zero attached hydrogens (tertiary/aromatic N) is 1. The average molecular weight is 444 g/mol. The number of rotatable bonds is 4. The molecule has 25 heavy (non-hydrogen) atoms. The second-order valence-electron chi connectivity index (χ2n) is 6.09. The first kappa shape index (κ1) is 18.6. The third-order valence-corrected chi connectivity index (χ3v) is 5.49. The van der Waals surface area contributed by atoms with Gasteiger partial charge in [-0.2, -0.15) is 0 Å². The Kier molecular flexibility index (Phi) is 6.00. The van der Waals surface area contributed by atoms with Crippen LogP contribution in [0.2, 0.25) is 10.0 Å². The summed E-state index contributed by atoms with van der Waals surface area (Å²) >= 11 is 15.8. The molecule has 7 heteroatoms. The number of carbonyl (C=O) groups excluding carboxylic acids is 1. The molecular formula is C18H17BrCl2N2O2. The number of aromatic nitrogens is 1. The maximum atomic E-state index is 12.5. The zero-order chi connectivity index (χ0) is 17.9. The van der Waals surface area contributed by atoms with Crippen LogP contribution in [0, 0.1) is 0 Å². The Bertz CT molecular complexity index is 779. The summed E-state index contributed by atoms with van der Waals surface area (Å²) in [6, 6.07) is 7.27.